The zero-order valence-electron chi connectivity index (χ0n) is 13.7. The van der Waals surface area contributed by atoms with Crippen molar-refractivity contribution in [3.8, 4) is 0 Å². The fraction of sp³-hybridized carbons (Fsp3) is 0.412. The molecule has 0 saturated carbocycles. The standard InChI is InChI=1S/C17H21FN2O4S/c18-15-4-1-3-14(11-15)13-25(21,22)19-12-16(17-5-2-8-24-17)20-6-9-23-10-7-20/h1-5,8,11,16,19H,6-7,9-10,12-13H2/t16-/m0/s1. The maximum Gasteiger partial charge on any atom is 0.215 e. The van der Waals surface area contributed by atoms with E-state index in [0.29, 0.717) is 37.6 Å². The molecule has 25 heavy (non-hydrogen) atoms. The van der Waals surface area contributed by atoms with Gasteiger partial charge in [0.15, 0.2) is 0 Å². The summed E-state index contributed by atoms with van der Waals surface area (Å²) in [5.41, 5.74) is 0.411. The van der Waals surface area contributed by atoms with Crippen LogP contribution in [0, 0.1) is 5.82 Å². The smallest absolute Gasteiger partial charge is 0.215 e. The van der Waals surface area contributed by atoms with Gasteiger partial charge in [0, 0.05) is 19.6 Å². The van der Waals surface area contributed by atoms with Crippen molar-refractivity contribution in [1.82, 2.24) is 9.62 Å². The first-order valence-corrected chi connectivity index (χ1v) is 9.76. The van der Waals surface area contributed by atoms with E-state index in [1.54, 1.807) is 18.4 Å². The number of morpholine rings is 1. The normalized spacial score (nSPS) is 17.5. The molecule has 1 aromatic heterocycles. The molecule has 2 aromatic rings. The van der Waals surface area contributed by atoms with Crippen molar-refractivity contribution in [2.24, 2.45) is 0 Å². The molecule has 0 aliphatic carbocycles. The van der Waals surface area contributed by atoms with Gasteiger partial charge in [-0.3, -0.25) is 4.90 Å². The minimum absolute atomic E-state index is 0.186. The van der Waals surface area contributed by atoms with Crippen molar-refractivity contribution in [1.29, 1.82) is 0 Å². The Morgan fingerprint density at radius 3 is 2.68 bits per heavy atom. The van der Waals surface area contributed by atoms with Gasteiger partial charge in [-0.15, -0.1) is 0 Å². The maximum absolute atomic E-state index is 13.2. The van der Waals surface area contributed by atoms with Crippen LogP contribution in [-0.2, 0) is 20.5 Å². The fourth-order valence-electron chi connectivity index (χ4n) is 2.88. The third-order valence-corrected chi connectivity index (χ3v) is 5.42. The van der Waals surface area contributed by atoms with Gasteiger partial charge in [0.1, 0.15) is 11.6 Å². The summed E-state index contributed by atoms with van der Waals surface area (Å²) in [6.45, 7) is 2.81. The van der Waals surface area contributed by atoms with Crippen LogP contribution in [0.25, 0.3) is 0 Å². The van der Waals surface area contributed by atoms with E-state index >= 15 is 0 Å². The number of furan rings is 1. The number of rotatable bonds is 7. The molecule has 0 unspecified atom stereocenters. The summed E-state index contributed by atoms with van der Waals surface area (Å²) in [4.78, 5) is 2.13. The lowest BCUT2D eigenvalue weighted by Crippen LogP contribution is -2.43. The van der Waals surface area contributed by atoms with E-state index < -0.39 is 15.8 Å². The molecule has 2 heterocycles. The lowest BCUT2D eigenvalue weighted by atomic mass is 10.2. The Morgan fingerprint density at radius 1 is 1.20 bits per heavy atom. The minimum atomic E-state index is -3.59. The highest BCUT2D eigenvalue weighted by atomic mass is 32.2. The second kappa shape index (κ2) is 8.09. The van der Waals surface area contributed by atoms with Crippen molar-refractivity contribution in [2.45, 2.75) is 11.8 Å². The minimum Gasteiger partial charge on any atom is -0.468 e. The van der Waals surface area contributed by atoms with E-state index in [0.717, 1.165) is 0 Å². The predicted molar refractivity (Wildman–Crippen MR) is 90.9 cm³/mol. The highest BCUT2D eigenvalue weighted by Crippen LogP contribution is 2.22. The van der Waals surface area contributed by atoms with Gasteiger partial charge < -0.3 is 9.15 Å². The van der Waals surface area contributed by atoms with Crippen molar-refractivity contribution in [3.05, 3.63) is 59.8 Å². The van der Waals surface area contributed by atoms with Crippen molar-refractivity contribution in [3.63, 3.8) is 0 Å². The second-order valence-corrected chi connectivity index (χ2v) is 7.72. The van der Waals surface area contributed by atoms with Crippen molar-refractivity contribution >= 4 is 10.0 Å². The lowest BCUT2D eigenvalue weighted by Gasteiger charge is -2.33. The molecule has 1 N–H and O–H groups in total. The topological polar surface area (TPSA) is 71.8 Å². The first-order valence-electron chi connectivity index (χ1n) is 8.10. The van der Waals surface area contributed by atoms with E-state index in [1.165, 1.54) is 18.2 Å². The summed E-state index contributed by atoms with van der Waals surface area (Å²) in [5.74, 6) is -0.0107. The SMILES string of the molecule is O=S(=O)(Cc1cccc(F)c1)NC[C@@H](c1ccco1)N1CCOCC1. The molecular weight excluding hydrogens is 347 g/mol. The first kappa shape index (κ1) is 18.1. The Hall–Kier alpha value is -1.74. The number of sulfonamides is 1. The number of nitrogens with one attached hydrogen (secondary N) is 1. The highest BCUT2D eigenvalue weighted by molar-refractivity contribution is 7.88. The van der Waals surface area contributed by atoms with Gasteiger partial charge in [0.25, 0.3) is 0 Å². The van der Waals surface area contributed by atoms with Crippen LogP contribution in [0.15, 0.2) is 47.1 Å². The summed E-state index contributed by atoms with van der Waals surface area (Å²) in [6.07, 6.45) is 1.57. The molecule has 0 radical (unpaired) electrons. The molecule has 6 nitrogen and oxygen atoms in total. The Labute approximate surface area is 146 Å². The van der Waals surface area contributed by atoms with Gasteiger partial charge in [-0.25, -0.2) is 17.5 Å². The first-order chi connectivity index (χ1) is 12.0. The van der Waals surface area contributed by atoms with Gasteiger partial charge in [-0.1, -0.05) is 12.1 Å². The Morgan fingerprint density at radius 2 is 2.00 bits per heavy atom. The quantitative estimate of drug-likeness (QED) is 0.808. The van der Waals surface area contributed by atoms with Crippen LogP contribution >= 0.6 is 0 Å². The average molecular weight is 368 g/mol. The Bertz CT molecular complexity index is 774. The fourth-order valence-corrected chi connectivity index (χ4v) is 4.02. The zero-order chi connectivity index (χ0) is 17.7. The number of hydrogen-bond acceptors (Lipinski definition) is 5. The van der Waals surface area contributed by atoms with Crippen molar-refractivity contribution < 1.29 is 22.0 Å². The molecule has 3 rings (SSSR count). The van der Waals surface area contributed by atoms with Crippen LogP contribution in [-0.4, -0.2) is 46.2 Å². The highest BCUT2D eigenvalue weighted by Gasteiger charge is 2.26. The summed E-state index contributed by atoms with van der Waals surface area (Å²) >= 11 is 0. The molecule has 1 aromatic carbocycles. The molecule has 0 spiro atoms. The molecule has 8 heteroatoms. The van der Waals surface area contributed by atoms with E-state index in [4.69, 9.17) is 9.15 Å². The summed E-state index contributed by atoms with van der Waals surface area (Å²) in [5, 5.41) is 0. The largest absolute Gasteiger partial charge is 0.468 e. The van der Waals surface area contributed by atoms with Crippen LogP contribution in [0.1, 0.15) is 17.4 Å². The number of halogens is 1. The van der Waals surface area contributed by atoms with E-state index in [1.807, 2.05) is 6.07 Å². The molecule has 1 saturated heterocycles. The summed E-state index contributed by atoms with van der Waals surface area (Å²) in [6, 6.07) is 9.01. The molecular formula is C17H21FN2O4S. The third kappa shape index (κ3) is 5.12. The molecule has 1 fully saturated rings. The Balaban J connectivity index is 1.67. The van der Waals surface area contributed by atoms with Gasteiger partial charge in [0.05, 0.1) is 31.3 Å². The number of nitrogens with zero attached hydrogens (tertiary/aromatic N) is 1. The van der Waals surface area contributed by atoms with Gasteiger partial charge >= 0.3 is 0 Å². The van der Waals surface area contributed by atoms with Crippen LogP contribution in [0.2, 0.25) is 0 Å². The van der Waals surface area contributed by atoms with Gasteiger partial charge in [-0.05, 0) is 29.8 Å². The predicted octanol–water partition coefficient (Wildman–Crippen LogP) is 1.91. The molecule has 1 aliphatic heterocycles. The maximum atomic E-state index is 13.2. The molecule has 1 aliphatic rings. The van der Waals surface area contributed by atoms with Crippen LogP contribution in [0.3, 0.4) is 0 Å². The van der Waals surface area contributed by atoms with Crippen LogP contribution in [0.5, 0.6) is 0 Å². The van der Waals surface area contributed by atoms with Gasteiger partial charge in [0.2, 0.25) is 10.0 Å². The number of benzene rings is 1. The number of ether oxygens (including phenoxy) is 1. The average Bonchev–Trinajstić information content (AvgIpc) is 3.10. The molecule has 0 amide bonds. The van der Waals surface area contributed by atoms with Crippen molar-refractivity contribution in [2.75, 3.05) is 32.8 Å². The monoisotopic (exact) mass is 368 g/mol. The summed E-state index contributed by atoms with van der Waals surface area (Å²) in [7, 11) is -3.59. The second-order valence-electron chi connectivity index (χ2n) is 5.92. The van der Waals surface area contributed by atoms with E-state index in [9.17, 15) is 12.8 Å². The molecule has 0 bridgehead atoms. The van der Waals surface area contributed by atoms with Crippen LogP contribution in [0.4, 0.5) is 4.39 Å². The van der Waals surface area contributed by atoms with Gasteiger partial charge in [-0.2, -0.15) is 0 Å². The summed E-state index contributed by atoms with van der Waals surface area (Å²) < 4.78 is 51.4. The van der Waals surface area contributed by atoms with Crippen LogP contribution < -0.4 is 4.72 Å². The van der Waals surface area contributed by atoms with E-state index in [2.05, 4.69) is 9.62 Å². The molecule has 1 atom stereocenters. The molecule has 136 valence electrons. The van der Waals surface area contributed by atoms with E-state index in [-0.39, 0.29) is 18.3 Å². The lowest BCUT2D eigenvalue weighted by molar-refractivity contribution is 0.0128. The number of hydrogen-bond donors (Lipinski definition) is 1. The third-order valence-electron chi connectivity index (χ3n) is 4.10. The zero-order valence-corrected chi connectivity index (χ0v) is 14.5. The Kier molecular flexibility index (Phi) is 5.85.